The van der Waals surface area contributed by atoms with E-state index in [1.54, 1.807) is 0 Å². The molecule has 2 heterocycles. The van der Waals surface area contributed by atoms with Gasteiger partial charge in [0.1, 0.15) is 17.9 Å². The van der Waals surface area contributed by atoms with Crippen molar-refractivity contribution in [3.63, 3.8) is 0 Å². The summed E-state index contributed by atoms with van der Waals surface area (Å²) in [6.07, 6.45) is 1.50. The molecule has 0 radical (unpaired) electrons. The van der Waals surface area contributed by atoms with Crippen LogP contribution >= 0.6 is 0 Å². The van der Waals surface area contributed by atoms with Gasteiger partial charge in [0, 0.05) is 11.8 Å². The van der Waals surface area contributed by atoms with Crippen molar-refractivity contribution in [1.29, 1.82) is 0 Å². The van der Waals surface area contributed by atoms with Gasteiger partial charge in [-0.2, -0.15) is 0 Å². The van der Waals surface area contributed by atoms with E-state index in [-0.39, 0.29) is 11.0 Å². The van der Waals surface area contributed by atoms with Crippen molar-refractivity contribution in [2.45, 2.75) is 6.54 Å². The number of H-pyrrole nitrogens is 2. The van der Waals surface area contributed by atoms with E-state index in [0.29, 0.717) is 15.7 Å². The van der Waals surface area contributed by atoms with Crippen molar-refractivity contribution in [3.8, 4) is 11.1 Å². The van der Waals surface area contributed by atoms with Gasteiger partial charge in [0.25, 0.3) is 5.56 Å². The predicted octanol–water partition coefficient (Wildman–Crippen LogP) is 0.909. The Bertz CT molecular complexity index is 982. The molecular weight excluding hydrogens is 293 g/mol. The molecule has 0 bridgehead atoms. The minimum Gasteiger partial charge on any atom is -0.480 e. The smallest absolute Gasteiger partial charge is 0.329 e. The molecule has 3 N–H and O–H groups in total. The molecule has 3 aromatic rings. The number of rotatable bonds is 3. The number of halogens is 1. The number of fused-ring (bicyclic) bond motifs is 1. The van der Waals surface area contributed by atoms with Crippen LogP contribution in [0.15, 0.2) is 40.1 Å². The van der Waals surface area contributed by atoms with Crippen LogP contribution in [-0.2, 0) is 11.3 Å². The van der Waals surface area contributed by atoms with E-state index in [1.165, 1.54) is 30.5 Å². The molecular formula is C14H10FN3O4. The maximum absolute atomic E-state index is 13.0. The van der Waals surface area contributed by atoms with Gasteiger partial charge in [-0.1, -0.05) is 12.1 Å². The maximum Gasteiger partial charge on any atom is 0.329 e. The van der Waals surface area contributed by atoms with Crippen molar-refractivity contribution in [3.05, 3.63) is 57.1 Å². The number of benzene rings is 1. The summed E-state index contributed by atoms with van der Waals surface area (Å²) in [5, 5.41) is 8.74. The van der Waals surface area contributed by atoms with Crippen LogP contribution in [0.5, 0.6) is 0 Å². The average Bonchev–Trinajstić information content (AvgIpc) is 2.88. The molecule has 1 aromatic carbocycles. The second-order valence-corrected chi connectivity index (χ2v) is 4.67. The summed E-state index contributed by atoms with van der Waals surface area (Å²) in [5.41, 5.74) is -0.0776. The molecule has 112 valence electrons. The third-order valence-electron chi connectivity index (χ3n) is 3.26. The monoisotopic (exact) mass is 303 g/mol. The molecule has 3 rings (SSSR count). The Hall–Kier alpha value is -3.16. The van der Waals surface area contributed by atoms with Crippen LogP contribution < -0.4 is 11.2 Å². The SMILES string of the molecule is O=C(O)Cn1c(=O)[nH]c2c(-c3ccc(F)cc3)c[nH]c2c1=O. The fraction of sp³-hybridized carbons (Fsp3) is 0.0714. The van der Waals surface area contributed by atoms with Crippen LogP contribution in [0.3, 0.4) is 0 Å². The number of aromatic nitrogens is 3. The molecule has 0 spiro atoms. The number of carboxylic acid groups (broad SMARTS) is 1. The largest absolute Gasteiger partial charge is 0.480 e. The van der Waals surface area contributed by atoms with E-state index >= 15 is 0 Å². The molecule has 0 aliphatic heterocycles. The molecule has 0 fully saturated rings. The second-order valence-electron chi connectivity index (χ2n) is 4.67. The molecule has 8 heteroatoms. The number of aliphatic carboxylic acids is 1. The lowest BCUT2D eigenvalue weighted by Gasteiger charge is -2.02. The van der Waals surface area contributed by atoms with E-state index in [1.807, 2.05) is 0 Å². The fourth-order valence-electron chi connectivity index (χ4n) is 2.26. The lowest BCUT2D eigenvalue weighted by atomic mass is 10.1. The first-order chi connectivity index (χ1) is 10.5. The quantitative estimate of drug-likeness (QED) is 0.668. The van der Waals surface area contributed by atoms with Gasteiger partial charge in [0.05, 0.1) is 5.52 Å². The van der Waals surface area contributed by atoms with Gasteiger partial charge < -0.3 is 15.1 Å². The van der Waals surface area contributed by atoms with Gasteiger partial charge in [-0.15, -0.1) is 0 Å². The third-order valence-corrected chi connectivity index (χ3v) is 3.26. The Labute approximate surface area is 121 Å². The Balaban J connectivity index is 2.25. The van der Waals surface area contributed by atoms with Gasteiger partial charge in [-0.05, 0) is 17.7 Å². The highest BCUT2D eigenvalue weighted by molar-refractivity contribution is 5.91. The van der Waals surface area contributed by atoms with Crippen molar-refractivity contribution in [2.24, 2.45) is 0 Å². The summed E-state index contributed by atoms with van der Waals surface area (Å²) in [6, 6.07) is 5.55. The summed E-state index contributed by atoms with van der Waals surface area (Å²) in [5.74, 6) is -1.70. The first kappa shape index (κ1) is 13.8. The Kier molecular flexibility index (Phi) is 3.13. The number of hydrogen-bond acceptors (Lipinski definition) is 3. The second kappa shape index (κ2) is 4.99. The summed E-state index contributed by atoms with van der Waals surface area (Å²) >= 11 is 0. The lowest BCUT2D eigenvalue weighted by molar-refractivity contribution is -0.137. The van der Waals surface area contributed by atoms with Crippen LogP contribution in [0.4, 0.5) is 4.39 Å². The molecule has 0 amide bonds. The summed E-state index contributed by atoms with van der Waals surface area (Å²) in [6.45, 7) is -0.727. The molecule has 0 atom stereocenters. The van der Waals surface area contributed by atoms with Crippen molar-refractivity contribution < 1.29 is 14.3 Å². The van der Waals surface area contributed by atoms with Crippen molar-refractivity contribution in [1.82, 2.24) is 14.5 Å². The zero-order valence-corrected chi connectivity index (χ0v) is 11.1. The Morgan fingerprint density at radius 3 is 2.50 bits per heavy atom. The Morgan fingerprint density at radius 2 is 1.86 bits per heavy atom. The molecule has 0 aliphatic rings. The number of carbonyl (C=O) groups is 1. The number of nitrogens with one attached hydrogen (secondary N) is 2. The van der Waals surface area contributed by atoms with Crippen LogP contribution in [-0.4, -0.2) is 25.6 Å². The van der Waals surface area contributed by atoms with E-state index in [2.05, 4.69) is 9.97 Å². The minimum atomic E-state index is -1.29. The van der Waals surface area contributed by atoms with E-state index in [4.69, 9.17) is 5.11 Å². The molecule has 0 aliphatic carbocycles. The first-order valence-corrected chi connectivity index (χ1v) is 6.29. The minimum absolute atomic E-state index is 0.0835. The van der Waals surface area contributed by atoms with Crippen LogP contribution in [0.1, 0.15) is 0 Å². The van der Waals surface area contributed by atoms with E-state index in [9.17, 15) is 18.8 Å². The van der Waals surface area contributed by atoms with E-state index in [0.717, 1.165) is 0 Å². The zero-order valence-electron chi connectivity index (χ0n) is 11.1. The summed E-state index contributed by atoms with van der Waals surface area (Å²) in [7, 11) is 0. The highest BCUT2D eigenvalue weighted by Gasteiger charge is 2.15. The van der Waals surface area contributed by atoms with Gasteiger partial charge in [-0.3, -0.25) is 9.59 Å². The highest BCUT2D eigenvalue weighted by atomic mass is 19.1. The average molecular weight is 303 g/mol. The number of nitrogens with zero attached hydrogens (tertiary/aromatic N) is 1. The molecule has 22 heavy (non-hydrogen) atoms. The summed E-state index contributed by atoms with van der Waals surface area (Å²) in [4.78, 5) is 40.0. The molecule has 0 saturated carbocycles. The molecule has 0 saturated heterocycles. The summed E-state index contributed by atoms with van der Waals surface area (Å²) < 4.78 is 13.6. The zero-order chi connectivity index (χ0) is 15.9. The maximum atomic E-state index is 13.0. The Morgan fingerprint density at radius 1 is 1.18 bits per heavy atom. The standard InChI is InChI=1S/C14H10FN3O4/c15-8-3-1-7(2-4-8)9-5-16-12-11(9)17-14(22)18(13(12)21)6-10(19)20/h1-5,16H,6H2,(H,17,22)(H,19,20). The topological polar surface area (TPSA) is 108 Å². The van der Waals surface area contributed by atoms with Crippen LogP contribution in [0.25, 0.3) is 22.2 Å². The van der Waals surface area contributed by atoms with Crippen molar-refractivity contribution >= 4 is 17.0 Å². The molecule has 7 nitrogen and oxygen atoms in total. The van der Waals surface area contributed by atoms with Gasteiger partial charge in [-0.25, -0.2) is 13.8 Å². The van der Waals surface area contributed by atoms with Gasteiger partial charge in [0.15, 0.2) is 0 Å². The van der Waals surface area contributed by atoms with Gasteiger partial charge in [0.2, 0.25) is 0 Å². The third kappa shape index (κ3) is 2.20. The fourth-order valence-corrected chi connectivity index (χ4v) is 2.26. The normalized spacial score (nSPS) is 11.0. The molecule has 2 aromatic heterocycles. The molecule has 0 unspecified atom stereocenters. The predicted molar refractivity (Wildman–Crippen MR) is 76.2 cm³/mol. The van der Waals surface area contributed by atoms with E-state index < -0.39 is 29.6 Å². The van der Waals surface area contributed by atoms with Gasteiger partial charge >= 0.3 is 11.7 Å². The first-order valence-electron chi connectivity index (χ1n) is 6.29. The van der Waals surface area contributed by atoms with Crippen molar-refractivity contribution in [2.75, 3.05) is 0 Å². The van der Waals surface area contributed by atoms with Crippen LogP contribution in [0.2, 0.25) is 0 Å². The highest BCUT2D eigenvalue weighted by Crippen LogP contribution is 2.25. The lowest BCUT2D eigenvalue weighted by Crippen LogP contribution is -2.37. The van der Waals surface area contributed by atoms with Crippen LogP contribution in [0, 0.1) is 5.82 Å². The number of aromatic amines is 2. The number of carboxylic acids is 1. The number of hydrogen-bond donors (Lipinski definition) is 3.